The molecule has 3 heteroatoms. The Morgan fingerprint density at radius 3 is 2.83 bits per heavy atom. The van der Waals surface area contributed by atoms with Gasteiger partial charge in [0.25, 0.3) is 0 Å². The van der Waals surface area contributed by atoms with Gasteiger partial charge < -0.3 is 10.3 Å². The number of fused-ring (bicyclic) bond motifs is 1. The van der Waals surface area contributed by atoms with Crippen molar-refractivity contribution < 1.29 is 0 Å². The van der Waals surface area contributed by atoms with Crippen LogP contribution in [0.15, 0.2) is 28.9 Å². The monoisotopic (exact) mass is 308 g/mol. The molecule has 0 radical (unpaired) electrons. The summed E-state index contributed by atoms with van der Waals surface area (Å²) in [7, 11) is 0. The smallest absolute Gasteiger partial charge is 0.0494 e. The van der Waals surface area contributed by atoms with Gasteiger partial charge in [0, 0.05) is 28.1 Å². The molecular formula is C15H21BrN2. The molecule has 0 saturated carbocycles. The Balaban J connectivity index is 2.39. The number of hydrogen-bond acceptors (Lipinski definition) is 1. The molecule has 0 fully saturated rings. The lowest BCUT2D eigenvalue weighted by atomic mass is 10.1. The number of nitrogens with two attached hydrogens (primary N) is 1. The first-order chi connectivity index (χ1) is 8.76. The summed E-state index contributed by atoms with van der Waals surface area (Å²) in [6.07, 6.45) is 7.01. The first kappa shape index (κ1) is 13.6. The lowest BCUT2D eigenvalue weighted by molar-refractivity contribution is 0.667. The van der Waals surface area contributed by atoms with Crippen LogP contribution in [0.1, 0.15) is 31.7 Å². The summed E-state index contributed by atoms with van der Waals surface area (Å²) in [6, 6.07) is 6.57. The van der Waals surface area contributed by atoms with Crippen molar-refractivity contribution in [1.82, 2.24) is 4.57 Å². The lowest BCUT2D eigenvalue weighted by Gasteiger charge is -2.03. The van der Waals surface area contributed by atoms with E-state index in [4.69, 9.17) is 5.73 Å². The maximum atomic E-state index is 5.61. The fourth-order valence-corrected chi connectivity index (χ4v) is 2.70. The third-order valence-corrected chi connectivity index (χ3v) is 3.82. The standard InChI is InChI=1S/C15H21BrN2/c1-2-3-5-12-11-18(9-4-8-17)15-10-13(16)6-7-14(12)15/h6-7,10-11H,2-5,8-9,17H2,1H3. The largest absolute Gasteiger partial charge is 0.347 e. The normalized spacial score (nSPS) is 11.3. The average Bonchev–Trinajstić information content (AvgIpc) is 2.71. The van der Waals surface area contributed by atoms with Crippen LogP contribution in [0.4, 0.5) is 0 Å². The highest BCUT2D eigenvalue weighted by Gasteiger charge is 2.08. The van der Waals surface area contributed by atoms with Crippen LogP contribution in [0, 0.1) is 0 Å². The van der Waals surface area contributed by atoms with E-state index < -0.39 is 0 Å². The predicted molar refractivity (Wildman–Crippen MR) is 81.9 cm³/mol. The molecule has 0 bridgehead atoms. The second-order valence-corrected chi connectivity index (χ2v) is 5.67. The molecule has 0 unspecified atom stereocenters. The highest BCUT2D eigenvalue weighted by molar-refractivity contribution is 9.10. The molecule has 0 aliphatic rings. The minimum Gasteiger partial charge on any atom is -0.347 e. The van der Waals surface area contributed by atoms with Crippen LogP contribution in [0.2, 0.25) is 0 Å². The molecule has 1 heterocycles. The topological polar surface area (TPSA) is 30.9 Å². The molecule has 0 amide bonds. The van der Waals surface area contributed by atoms with E-state index in [-0.39, 0.29) is 0 Å². The van der Waals surface area contributed by atoms with Gasteiger partial charge in [0.2, 0.25) is 0 Å². The molecule has 2 N–H and O–H groups in total. The Kier molecular flexibility index (Phi) is 4.84. The summed E-state index contributed by atoms with van der Waals surface area (Å²) in [6.45, 7) is 4.00. The van der Waals surface area contributed by atoms with Crippen LogP contribution in [-0.2, 0) is 13.0 Å². The van der Waals surface area contributed by atoms with E-state index in [1.165, 1.54) is 35.7 Å². The summed E-state index contributed by atoms with van der Waals surface area (Å²) >= 11 is 3.56. The van der Waals surface area contributed by atoms with E-state index in [2.05, 4.69) is 51.8 Å². The zero-order valence-electron chi connectivity index (χ0n) is 11.0. The van der Waals surface area contributed by atoms with Crippen LogP contribution in [-0.4, -0.2) is 11.1 Å². The first-order valence-electron chi connectivity index (χ1n) is 6.73. The molecule has 1 aromatic heterocycles. The zero-order valence-corrected chi connectivity index (χ0v) is 12.5. The number of rotatable bonds is 6. The SMILES string of the molecule is CCCCc1cn(CCCN)c2cc(Br)ccc12. The summed E-state index contributed by atoms with van der Waals surface area (Å²) in [5, 5.41) is 1.39. The maximum absolute atomic E-state index is 5.61. The molecule has 98 valence electrons. The molecule has 0 saturated heterocycles. The quantitative estimate of drug-likeness (QED) is 0.856. The second-order valence-electron chi connectivity index (χ2n) is 4.75. The van der Waals surface area contributed by atoms with Gasteiger partial charge in [-0.25, -0.2) is 0 Å². The fraction of sp³-hybridized carbons (Fsp3) is 0.467. The van der Waals surface area contributed by atoms with Gasteiger partial charge in [-0.15, -0.1) is 0 Å². The molecule has 1 aromatic carbocycles. The van der Waals surface area contributed by atoms with Crippen molar-refractivity contribution in [1.29, 1.82) is 0 Å². The van der Waals surface area contributed by atoms with E-state index >= 15 is 0 Å². The van der Waals surface area contributed by atoms with Crippen LogP contribution < -0.4 is 5.73 Å². The van der Waals surface area contributed by atoms with Crippen molar-refractivity contribution in [3.05, 3.63) is 34.4 Å². The van der Waals surface area contributed by atoms with Crippen molar-refractivity contribution in [3.63, 3.8) is 0 Å². The Morgan fingerprint density at radius 2 is 2.11 bits per heavy atom. The highest BCUT2D eigenvalue weighted by atomic mass is 79.9. The molecular weight excluding hydrogens is 288 g/mol. The number of unbranched alkanes of at least 4 members (excludes halogenated alkanes) is 1. The molecule has 0 aliphatic carbocycles. The van der Waals surface area contributed by atoms with Gasteiger partial charge in [-0.1, -0.05) is 35.3 Å². The van der Waals surface area contributed by atoms with Gasteiger partial charge in [0.1, 0.15) is 0 Å². The van der Waals surface area contributed by atoms with Crippen molar-refractivity contribution in [2.45, 2.75) is 39.2 Å². The number of hydrogen-bond donors (Lipinski definition) is 1. The lowest BCUT2D eigenvalue weighted by Crippen LogP contribution is -2.04. The van der Waals surface area contributed by atoms with Crippen molar-refractivity contribution in [2.75, 3.05) is 6.54 Å². The van der Waals surface area contributed by atoms with E-state index in [1.54, 1.807) is 0 Å². The van der Waals surface area contributed by atoms with Gasteiger partial charge in [-0.05, 0) is 43.5 Å². The van der Waals surface area contributed by atoms with Gasteiger partial charge >= 0.3 is 0 Å². The van der Waals surface area contributed by atoms with Gasteiger partial charge in [0.15, 0.2) is 0 Å². The number of aryl methyl sites for hydroxylation is 2. The minimum atomic E-state index is 0.748. The van der Waals surface area contributed by atoms with Gasteiger partial charge in [-0.2, -0.15) is 0 Å². The number of nitrogens with zero attached hydrogens (tertiary/aromatic N) is 1. The van der Waals surface area contributed by atoms with Crippen molar-refractivity contribution in [2.24, 2.45) is 5.73 Å². The van der Waals surface area contributed by atoms with Crippen LogP contribution in [0.5, 0.6) is 0 Å². The number of aromatic nitrogens is 1. The average molecular weight is 309 g/mol. The summed E-state index contributed by atoms with van der Waals surface area (Å²) in [4.78, 5) is 0. The Hall–Kier alpha value is -0.800. The van der Waals surface area contributed by atoms with Crippen LogP contribution in [0.25, 0.3) is 10.9 Å². The Bertz CT molecular complexity index is 516. The molecule has 0 aliphatic heterocycles. The number of halogens is 1. The van der Waals surface area contributed by atoms with Gasteiger partial charge in [-0.3, -0.25) is 0 Å². The molecule has 2 aromatic rings. The second kappa shape index (κ2) is 6.39. The Labute approximate surface area is 117 Å². The van der Waals surface area contributed by atoms with E-state index in [9.17, 15) is 0 Å². The summed E-state index contributed by atoms with van der Waals surface area (Å²) < 4.78 is 3.49. The summed E-state index contributed by atoms with van der Waals surface area (Å²) in [5.74, 6) is 0. The number of benzene rings is 1. The van der Waals surface area contributed by atoms with Gasteiger partial charge in [0.05, 0.1) is 0 Å². The first-order valence-corrected chi connectivity index (χ1v) is 7.53. The van der Waals surface area contributed by atoms with E-state index in [0.29, 0.717) is 0 Å². The fourth-order valence-electron chi connectivity index (χ4n) is 2.35. The van der Waals surface area contributed by atoms with E-state index in [1.807, 2.05) is 0 Å². The van der Waals surface area contributed by atoms with Crippen molar-refractivity contribution >= 4 is 26.8 Å². The Morgan fingerprint density at radius 1 is 1.28 bits per heavy atom. The summed E-state index contributed by atoms with van der Waals surface area (Å²) in [5.41, 5.74) is 8.41. The molecule has 0 spiro atoms. The highest BCUT2D eigenvalue weighted by Crippen LogP contribution is 2.26. The van der Waals surface area contributed by atoms with Crippen LogP contribution in [0.3, 0.4) is 0 Å². The molecule has 2 rings (SSSR count). The molecule has 2 nitrogen and oxygen atoms in total. The predicted octanol–water partition coefficient (Wildman–Crippen LogP) is 4.10. The van der Waals surface area contributed by atoms with E-state index in [0.717, 1.165) is 24.0 Å². The maximum Gasteiger partial charge on any atom is 0.0494 e. The minimum absolute atomic E-state index is 0.748. The zero-order chi connectivity index (χ0) is 13.0. The van der Waals surface area contributed by atoms with Crippen molar-refractivity contribution in [3.8, 4) is 0 Å². The molecule has 18 heavy (non-hydrogen) atoms. The molecule has 0 atom stereocenters. The third kappa shape index (κ3) is 2.96. The van der Waals surface area contributed by atoms with Crippen LogP contribution >= 0.6 is 15.9 Å². The third-order valence-electron chi connectivity index (χ3n) is 3.33.